The monoisotopic (exact) mass is 272 g/mol. The summed E-state index contributed by atoms with van der Waals surface area (Å²) < 4.78 is 5.93. The molecule has 1 N–H and O–H groups in total. The van der Waals surface area contributed by atoms with E-state index in [0.29, 0.717) is 5.25 Å². The van der Waals surface area contributed by atoms with Crippen molar-refractivity contribution in [2.45, 2.75) is 18.1 Å². The van der Waals surface area contributed by atoms with Crippen molar-refractivity contribution in [3.05, 3.63) is 48.3 Å². The Morgan fingerprint density at radius 3 is 3.11 bits per heavy atom. The molecule has 0 saturated carbocycles. The van der Waals surface area contributed by atoms with Gasteiger partial charge in [-0.3, -0.25) is 0 Å². The summed E-state index contributed by atoms with van der Waals surface area (Å²) in [5, 5.41) is 2.86. The summed E-state index contributed by atoms with van der Waals surface area (Å²) in [6.45, 7) is 0.754. The molecule has 0 amide bonds. The fourth-order valence-corrected chi connectivity index (χ4v) is 3.03. The van der Waals surface area contributed by atoms with Gasteiger partial charge in [-0.25, -0.2) is 4.98 Å². The summed E-state index contributed by atoms with van der Waals surface area (Å²) in [7, 11) is 0. The average molecular weight is 272 g/mol. The van der Waals surface area contributed by atoms with Crippen LogP contribution in [-0.2, 0) is 0 Å². The second kappa shape index (κ2) is 5.97. The number of thioether (sulfide) groups is 1. The zero-order chi connectivity index (χ0) is 12.9. The standard InChI is InChI=1S/C15H16N2OS/c1-2-6-15(13(5-1)14-10-16-11-17-14)18-8-7-12-4-3-9-19-12/h1-3,5-6,9-12H,4,7-8H2,(H,16,17). The van der Waals surface area contributed by atoms with Gasteiger partial charge in [0.05, 0.1) is 24.8 Å². The Hall–Kier alpha value is -1.68. The molecule has 1 aromatic heterocycles. The maximum Gasteiger partial charge on any atom is 0.128 e. The number of nitrogens with zero attached hydrogens (tertiary/aromatic N) is 1. The lowest BCUT2D eigenvalue weighted by Crippen LogP contribution is -2.06. The molecule has 2 heterocycles. The number of aromatic amines is 1. The molecule has 0 spiro atoms. The Labute approximate surface area is 117 Å². The summed E-state index contributed by atoms with van der Waals surface area (Å²) in [6, 6.07) is 8.08. The van der Waals surface area contributed by atoms with E-state index in [1.165, 1.54) is 0 Å². The van der Waals surface area contributed by atoms with Gasteiger partial charge in [0.2, 0.25) is 0 Å². The minimum atomic E-state index is 0.680. The summed E-state index contributed by atoms with van der Waals surface area (Å²) in [5.74, 6) is 0.919. The Balaban J connectivity index is 1.64. The van der Waals surface area contributed by atoms with E-state index in [4.69, 9.17) is 4.74 Å². The zero-order valence-corrected chi connectivity index (χ0v) is 11.4. The van der Waals surface area contributed by atoms with Gasteiger partial charge in [-0.2, -0.15) is 0 Å². The van der Waals surface area contributed by atoms with Gasteiger partial charge in [-0.15, -0.1) is 11.8 Å². The van der Waals surface area contributed by atoms with Crippen molar-refractivity contribution < 1.29 is 4.74 Å². The van der Waals surface area contributed by atoms with Crippen molar-refractivity contribution >= 4 is 11.8 Å². The fourth-order valence-electron chi connectivity index (χ4n) is 2.13. The van der Waals surface area contributed by atoms with Crippen molar-refractivity contribution in [2.75, 3.05) is 6.61 Å². The zero-order valence-electron chi connectivity index (χ0n) is 10.6. The third kappa shape index (κ3) is 3.01. The van der Waals surface area contributed by atoms with Crippen LogP contribution in [0, 0.1) is 0 Å². The van der Waals surface area contributed by atoms with Crippen LogP contribution in [0.25, 0.3) is 11.3 Å². The highest BCUT2D eigenvalue weighted by Gasteiger charge is 2.12. The van der Waals surface area contributed by atoms with Gasteiger partial charge in [-0.05, 0) is 30.4 Å². The van der Waals surface area contributed by atoms with Gasteiger partial charge in [0.15, 0.2) is 0 Å². The van der Waals surface area contributed by atoms with Crippen LogP contribution < -0.4 is 4.74 Å². The van der Waals surface area contributed by atoms with Crippen molar-refractivity contribution in [3.8, 4) is 17.0 Å². The molecule has 0 saturated heterocycles. The number of hydrogen-bond donors (Lipinski definition) is 1. The molecule has 0 bridgehead atoms. The molecule has 1 aliphatic heterocycles. The number of H-pyrrole nitrogens is 1. The Bertz CT molecular complexity index is 543. The SMILES string of the molecule is C1=CSC(CCOc2ccccc2-c2cnc[nH]2)C1. The molecule has 98 valence electrons. The number of benzene rings is 1. The molecule has 19 heavy (non-hydrogen) atoms. The smallest absolute Gasteiger partial charge is 0.128 e. The molecule has 4 heteroatoms. The summed E-state index contributed by atoms with van der Waals surface area (Å²) >= 11 is 1.90. The number of nitrogens with one attached hydrogen (secondary N) is 1. The summed E-state index contributed by atoms with van der Waals surface area (Å²) in [5.41, 5.74) is 2.06. The van der Waals surface area contributed by atoms with Crippen LogP contribution in [0.3, 0.4) is 0 Å². The first-order valence-corrected chi connectivity index (χ1v) is 7.39. The quantitative estimate of drug-likeness (QED) is 0.898. The number of aromatic nitrogens is 2. The van der Waals surface area contributed by atoms with E-state index in [9.17, 15) is 0 Å². The molecule has 2 aromatic rings. The lowest BCUT2D eigenvalue weighted by molar-refractivity contribution is 0.311. The summed E-state index contributed by atoms with van der Waals surface area (Å²) in [6.07, 6.45) is 7.98. The number of imidazole rings is 1. The number of allylic oxidation sites excluding steroid dienone is 1. The molecule has 3 rings (SSSR count). The lowest BCUT2D eigenvalue weighted by atomic mass is 10.1. The van der Waals surface area contributed by atoms with Gasteiger partial charge in [0.1, 0.15) is 5.75 Å². The van der Waals surface area contributed by atoms with E-state index in [0.717, 1.165) is 36.5 Å². The molecule has 1 aromatic carbocycles. The minimum absolute atomic E-state index is 0.680. The Morgan fingerprint density at radius 1 is 1.37 bits per heavy atom. The second-order valence-electron chi connectivity index (χ2n) is 4.46. The first kappa shape index (κ1) is 12.4. The van der Waals surface area contributed by atoms with Gasteiger partial charge >= 0.3 is 0 Å². The number of rotatable bonds is 5. The van der Waals surface area contributed by atoms with Crippen LogP contribution in [0.2, 0.25) is 0 Å². The van der Waals surface area contributed by atoms with E-state index in [1.54, 1.807) is 6.33 Å². The van der Waals surface area contributed by atoms with Crippen molar-refractivity contribution in [1.29, 1.82) is 0 Å². The largest absolute Gasteiger partial charge is 0.493 e. The average Bonchev–Trinajstić information content (AvgIpc) is 3.12. The highest BCUT2D eigenvalue weighted by atomic mass is 32.2. The molecule has 1 unspecified atom stereocenters. The predicted molar refractivity (Wildman–Crippen MR) is 79.3 cm³/mol. The van der Waals surface area contributed by atoms with Crippen LogP contribution in [0.15, 0.2) is 48.3 Å². The third-order valence-electron chi connectivity index (χ3n) is 3.14. The van der Waals surface area contributed by atoms with Crippen molar-refractivity contribution in [2.24, 2.45) is 0 Å². The molecule has 1 atom stereocenters. The lowest BCUT2D eigenvalue weighted by Gasteiger charge is -2.12. The van der Waals surface area contributed by atoms with Crippen LogP contribution >= 0.6 is 11.8 Å². The van der Waals surface area contributed by atoms with E-state index >= 15 is 0 Å². The van der Waals surface area contributed by atoms with E-state index in [2.05, 4.69) is 27.5 Å². The molecular weight excluding hydrogens is 256 g/mol. The summed E-state index contributed by atoms with van der Waals surface area (Å²) in [4.78, 5) is 7.18. The number of para-hydroxylation sites is 1. The number of ether oxygens (including phenoxy) is 1. The molecule has 0 radical (unpaired) electrons. The Morgan fingerprint density at radius 2 is 2.32 bits per heavy atom. The van der Waals surface area contributed by atoms with Gasteiger partial charge < -0.3 is 9.72 Å². The maximum atomic E-state index is 5.93. The highest BCUT2D eigenvalue weighted by molar-refractivity contribution is 8.03. The van der Waals surface area contributed by atoms with E-state index in [1.807, 2.05) is 36.2 Å². The van der Waals surface area contributed by atoms with E-state index < -0.39 is 0 Å². The van der Waals surface area contributed by atoms with Crippen LogP contribution in [-0.4, -0.2) is 21.8 Å². The predicted octanol–water partition coefficient (Wildman–Crippen LogP) is 3.86. The molecule has 0 fully saturated rings. The van der Waals surface area contributed by atoms with Crippen molar-refractivity contribution in [1.82, 2.24) is 9.97 Å². The van der Waals surface area contributed by atoms with Crippen LogP contribution in [0.5, 0.6) is 5.75 Å². The van der Waals surface area contributed by atoms with E-state index in [-0.39, 0.29) is 0 Å². The van der Waals surface area contributed by atoms with Gasteiger partial charge in [0.25, 0.3) is 0 Å². The topological polar surface area (TPSA) is 37.9 Å². The molecule has 0 aliphatic carbocycles. The van der Waals surface area contributed by atoms with Crippen LogP contribution in [0.1, 0.15) is 12.8 Å². The van der Waals surface area contributed by atoms with Crippen molar-refractivity contribution in [3.63, 3.8) is 0 Å². The Kier molecular flexibility index (Phi) is 3.89. The molecule has 1 aliphatic rings. The normalized spacial score (nSPS) is 17.8. The highest BCUT2D eigenvalue weighted by Crippen LogP contribution is 2.30. The van der Waals surface area contributed by atoms with Crippen LogP contribution in [0.4, 0.5) is 0 Å². The minimum Gasteiger partial charge on any atom is -0.493 e. The number of hydrogen-bond acceptors (Lipinski definition) is 3. The maximum absolute atomic E-state index is 5.93. The van der Waals surface area contributed by atoms with Gasteiger partial charge in [0, 0.05) is 10.8 Å². The second-order valence-corrected chi connectivity index (χ2v) is 5.68. The first-order valence-electron chi connectivity index (χ1n) is 6.44. The fraction of sp³-hybridized carbons (Fsp3) is 0.267. The van der Waals surface area contributed by atoms with Gasteiger partial charge in [-0.1, -0.05) is 18.2 Å². The molecular formula is C15H16N2OS. The third-order valence-corrected chi connectivity index (χ3v) is 4.30. The molecule has 3 nitrogen and oxygen atoms in total. The first-order chi connectivity index (χ1) is 9.43.